The quantitative estimate of drug-likeness (QED) is 0.877. The Balaban J connectivity index is 1.97. The second-order valence-electron chi connectivity index (χ2n) is 3.76. The van der Waals surface area contributed by atoms with E-state index in [4.69, 9.17) is 14.6 Å². The summed E-state index contributed by atoms with van der Waals surface area (Å²) in [6.07, 6.45) is 0. The van der Waals surface area contributed by atoms with E-state index in [1.807, 2.05) is 30.3 Å². The molecule has 2 rings (SSSR count). The zero-order valence-electron chi connectivity index (χ0n) is 10.2. The van der Waals surface area contributed by atoms with Gasteiger partial charge in [0.1, 0.15) is 12.4 Å². The van der Waals surface area contributed by atoms with Crippen LogP contribution < -0.4 is 9.47 Å². The van der Waals surface area contributed by atoms with Crippen LogP contribution in [0.2, 0.25) is 0 Å². The third kappa shape index (κ3) is 3.21. The molecule has 4 heteroatoms. The molecule has 0 atom stereocenters. The lowest BCUT2D eigenvalue weighted by Crippen LogP contribution is -1.99. The highest BCUT2D eigenvalue weighted by Gasteiger charge is 1.99. The highest BCUT2D eigenvalue weighted by Crippen LogP contribution is 2.14. The number of aromatic nitrogens is 1. The van der Waals surface area contributed by atoms with Gasteiger partial charge in [-0.05, 0) is 23.8 Å². The number of hydrogen-bond acceptors (Lipinski definition) is 4. The fourth-order valence-electron chi connectivity index (χ4n) is 1.51. The summed E-state index contributed by atoms with van der Waals surface area (Å²) in [5.41, 5.74) is 1.63. The molecule has 1 aromatic heterocycles. The maximum Gasteiger partial charge on any atom is 0.213 e. The average Bonchev–Trinajstić information content (AvgIpc) is 2.46. The van der Waals surface area contributed by atoms with Crippen LogP contribution in [0.4, 0.5) is 0 Å². The number of hydrogen-bond donors (Lipinski definition) is 1. The van der Waals surface area contributed by atoms with Crippen LogP contribution in [-0.2, 0) is 13.2 Å². The number of rotatable bonds is 5. The van der Waals surface area contributed by atoms with Crippen LogP contribution >= 0.6 is 0 Å². The van der Waals surface area contributed by atoms with Crippen LogP contribution in [0.5, 0.6) is 11.6 Å². The number of aliphatic hydroxyl groups is 1. The normalized spacial score (nSPS) is 10.1. The van der Waals surface area contributed by atoms with Crippen molar-refractivity contribution in [2.45, 2.75) is 13.2 Å². The van der Waals surface area contributed by atoms with Crippen LogP contribution in [0.15, 0.2) is 42.5 Å². The molecule has 18 heavy (non-hydrogen) atoms. The molecule has 0 radical (unpaired) electrons. The number of ether oxygens (including phenoxy) is 2. The number of nitrogens with zero attached hydrogens (tertiary/aromatic N) is 1. The van der Waals surface area contributed by atoms with Crippen molar-refractivity contribution in [3.05, 3.63) is 53.7 Å². The Labute approximate surface area is 106 Å². The summed E-state index contributed by atoms with van der Waals surface area (Å²) in [5, 5.41) is 8.97. The van der Waals surface area contributed by atoms with Crippen LogP contribution in [0.1, 0.15) is 11.3 Å². The molecule has 0 saturated heterocycles. The SMILES string of the molecule is COc1ccc(COc2cccc(CO)n2)cc1. The Hall–Kier alpha value is -2.07. The summed E-state index contributed by atoms with van der Waals surface area (Å²) < 4.78 is 10.6. The van der Waals surface area contributed by atoms with Gasteiger partial charge >= 0.3 is 0 Å². The predicted molar refractivity (Wildman–Crippen MR) is 67.5 cm³/mol. The fraction of sp³-hybridized carbons (Fsp3) is 0.214. The second kappa shape index (κ2) is 6.02. The Morgan fingerprint density at radius 1 is 1.11 bits per heavy atom. The maximum absolute atomic E-state index is 8.97. The first-order valence-electron chi connectivity index (χ1n) is 5.64. The van der Waals surface area contributed by atoms with Crippen molar-refractivity contribution < 1.29 is 14.6 Å². The maximum atomic E-state index is 8.97. The zero-order chi connectivity index (χ0) is 12.8. The molecule has 0 aliphatic heterocycles. The molecule has 0 fully saturated rings. The van der Waals surface area contributed by atoms with E-state index in [9.17, 15) is 0 Å². The van der Waals surface area contributed by atoms with Gasteiger partial charge in [0, 0.05) is 6.07 Å². The van der Waals surface area contributed by atoms with Crippen molar-refractivity contribution in [2.24, 2.45) is 0 Å². The van der Waals surface area contributed by atoms with E-state index in [0.717, 1.165) is 11.3 Å². The molecule has 94 valence electrons. The van der Waals surface area contributed by atoms with Crippen molar-refractivity contribution >= 4 is 0 Å². The minimum absolute atomic E-state index is 0.0836. The standard InChI is InChI=1S/C14H15NO3/c1-17-13-7-5-11(6-8-13)10-18-14-4-2-3-12(9-16)15-14/h2-8,16H,9-10H2,1H3. The molecule has 1 heterocycles. The van der Waals surface area contributed by atoms with Crippen molar-refractivity contribution in [3.8, 4) is 11.6 Å². The zero-order valence-corrected chi connectivity index (χ0v) is 10.2. The van der Waals surface area contributed by atoms with Gasteiger partial charge in [0.25, 0.3) is 0 Å². The summed E-state index contributed by atoms with van der Waals surface area (Å²) in [7, 11) is 1.63. The van der Waals surface area contributed by atoms with Crippen LogP contribution in [0.3, 0.4) is 0 Å². The molecule has 0 unspecified atom stereocenters. The lowest BCUT2D eigenvalue weighted by molar-refractivity contribution is 0.266. The first-order valence-corrected chi connectivity index (χ1v) is 5.64. The number of aliphatic hydroxyl groups excluding tert-OH is 1. The van der Waals surface area contributed by atoms with Crippen molar-refractivity contribution in [1.82, 2.24) is 4.98 Å². The third-order valence-electron chi connectivity index (χ3n) is 2.49. The highest BCUT2D eigenvalue weighted by atomic mass is 16.5. The first-order chi connectivity index (χ1) is 8.81. The van der Waals surface area contributed by atoms with Crippen molar-refractivity contribution in [2.75, 3.05) is 7.11 Å². The van der Waals surface area contributed by atoms with Gasteiger partial charge in [0.15, 0.2) is 0 Å². The molecule has 0 saturated carbocycles. The number of benzene rings is 1. The number of methoxy groups -OCH3 is 1. The smallest absolute Gasteiger partial charge is 0.213 e. The summed E-state index contributed by atoms with van der Waals surface area (Å²) in [6, 6.07) is 13.0. The molecule has 0 aliphatic rings. The molecule has 0 amide bonds. The van der Waals surface area contributed by atoms with Crippen LogP contribution in [0.25, 0.3) is 0 Å². The molecular weight excluding hydrogens is 230 g/mol. The monoisotopic (exact) mass is 245 g/mol. The topological polar surface area (TPSA) is 51.6 Å². The Morgan fingerprint density at radius 2 is 1.89 bits per heavy atom. The lowest BCUT2D eigenvalue weighted by Gasteiger charge is -2.07. The molecule has 0 bridgehead atoms. The van der Waals surface area contributed by atoms with E-state index < -0.39 is 0 Å². The third-order valence-corrected chi connectivity index (χ3v) is 2.49. The van der Waals surface area contributed by atoms with E-state index in [0.29, 0.717) is 18.2 Å². The Bertz CT molecular complexity index is 497. The van der Waals surface area contributed by atoms with Crippen LogP contribution in [0, 0.1) is 0 Å². The molecule has 2 aromatic rings. The van der Waals surface area contributed by atoms with E-state index in [2.05, 4.69) is 4.98 Å². The van der Waals surface area contributed by atoms with Gasteiger partial charge in [-0.1, -0.05) is 18.2 Å². The summed E-state index contributed by atoms with van der Waals surface area (Å²) in [4.78, 5) is 4.14. The lowest BCUT2D eigenvalue weighted by atomic mass is 10.2. The van der Waals surface area contributed by atoms with E-state index >= 15 is 0 Å². The van der Waals surface area contributed by atoms with Crippen molar-refractivity contribution in [3.63, 3.8) is 0 Å². The van der Waals surface area contributed by atoms with Gasteiger partial charge in [-0.3, -0.25) is 0 Å². The summed E-state index contributed by atoms with van der Waals surface area (Å²) in [6.45, 7) is 0.353. The highest BCUT2D eigenvalue weighted by molar-refractivity contribution is 5.27. The molecule has 0 aliphatic carbocycles. The number of pyridine rings is 1. The summed E-state index contributed by atoms with van der Waals surface area (Å²) >= 11 is 0. The fourth-order valence-corrected chi connectivity index (χ4v) is 1.51. The van der Waals surface area contributed by atoms with E-state index in [-0.39, 0.29) is 6.61 Å². The largest absolute Gasteiger partial charge is 0.497 e. The average molecular weight is 245 g/mol. The molecule has 0 spiro atoms. The first kappa shape index (κ1) is 12.4. The predicted octanol–water partition coefficient (Wildman–Crippen LogP) is 2.16. The van der Waals surface area contributed by atoms with Crippen LogP contribution in [-0.4, -0.2) is 17.2 Å². The molecule has 4 nitrogen and oxygen atoms in total. The summed E-state index contributed by atoms with van der Waals surface area (Å²) in [5.74, 6) is 1.33. The van der Waals surface area contributed by atoms with Gasteiger partial charge in [0.2, 0.25) is 5.88 Å². The van der Waals surface area contributed by atoms with Gasteiger partial charge < -0.3 is 14.6 Å². The Morgan fingerprint density at radius 3 is 2.56 bits per heavy atom. The minimum atomic E-state index is -0.0836. The van der Waals surface area contributed by atoms with E-state index in [1.54, 1.807) is 19.2 Å². The van der Waals surface area contributed by atoms with Gasteiger partial charge in [-0.15, -0.1) is 0 Å². The van der Waals surface area contributed by atoms with Gasteiger partial charge in [-0.25, -0.2) is 4.98 Å². The van der Waals surface area contributed by atoms with Gasteiger partial charge in [-0.2, -0.15) is 0 Å². The van der Waals surface area contributed by atoms with Crippen molar-refractivity contribution in [1.29, 1.82) is 0 Å². The van der Waals surface area contributed by atoms with Gasteiger partial charge in [0.05, 0.1) is 19.4 Å². The minimum Gasteiger partial charge on any atom is -0.497 e. The molecule has 1 N–H and O–H groups in total. The second-order valence-corrected chi connectivity index (χ2v) is 3.76. The van der Waals surface area contributed by atoms with E-state index in [1.165, 1.54) is 0 Å². The molecule has 1 aromatic carbocycles. The Kier molecular flexibility index (Phi) is 4.15. The molecular formula is C14H15NO3.